The van der Waals surface area contributed by atoms with Crippen molar-refractivity contribution < 1.29 is 14.3 Å². The Labute approximate surface area is 180 Å². The van der Waals surface area contributed by atoms with E-state index in [0.717, 1.165) is 16.7 Å². The molecule has 1 aromatic heterocycles. The lowest BCUT2D eigenvalue weighted by Gasteiger charge is -2.11. The van der Waals surface area contributed by atoms with Crippen LogP contribution in [0.4, 0.5) is 0 Å². The molecule has 2 aromatic carbocycles. The molecule has 8 heteroatoms. The highest BCUT2D eigenvalue weighted by Gasteiger charge is 2.10. The minimum atomic E-state index is -0.202. The van der Waals surface area contributed by atoms with E-state index in [-0.39, 0.29) is 5.91 Å². The van der Waals surface area contributed by atoms with Gasteiger partial charge in [0.15, 0.2) is 11.5 Å². The molecule has 3 rings (SSSR count). The van der Waals surface area contributed by atoms with Gasteiger partial charge in [-0.15, -0.1) is 0 Å². The number of hydrogen-bond acceptors (Lipinski definition) is 5. The van der Waals surface area contributed by atoms with Crippen molar-refractivity contribution in [3.63, 3.8) is 0 Å². The van der Waals surface area contributed by atoms with Gasteiger partial charge in [-0.3, -0.25) is 4.79 Å². The van der Waals surface area contributed by atoms with Crippen molar-refractivity contribution >= 4 is 23.6 Å². The summed E-state index contributed by atoms with van der Waals surface area (Å²) in [7, 11) is 1.54. The molecule has 30 heavy (non-hydrogen) atoms. The maximum atomic E-state index is 12.2. The Morgan fingerprint density at radius 2 is 2.00 bits per heavy atom. The molecular weight excluding hydrogens is 404 g/mol. The molecule has 1 N–H and O–H groups in total. The number of hydrogen-bond donors (Lipinski definition) is 1. The quantitative estimate of drug-likeness (QED) is 0.527. The fourth-order valence-corrected chi connectivity index (χ4v) is 3.13. The lowest BCUT2D eigenvalue weighted by atomic mass is 10.1. The first-order valence-corrected chi connectivity index (χ1v) is 9.83. The fourth-order valence-electron chi connectivity index (χ4n) is 2.83. The van der Waals surface area contributed by atoms with E-state index in [0.29, 0.717) is 36.2 Å². The Morgan fingerprint density at radius 1 is 1.23 bits per heavy atom. The monoisotopic (exact) mass is 426 g/mol. The summed E-state index contributed by atoms with van der Waals surface area (Å²) in [5, 5.41) is 7.38. The highest BCUT2D eigenvalue weighted by molar-refractivity contribution is 6.32. The van der Waals surface area contributed by atoms with Crippen LogP contribution < -0.4 is 14.8 Å². The van der Waals surface area contributed by atoms with E-state index in [1.165, 1.54) is 19.5 Å². The molecule has 156 valence electrons. The average Bonchev–Trinajstić information content (AvgIpc) is 3.25. The average molecular weight is 427 g/mol. The van der Waals surface area contributed by atoms with Crippen LogP contribution in [0.5, 0.6) is 11.5 Å². The molecule has 1 heterocycles. The van der Waals surface area contributed by atoms with Crippen molar-refractivity contribution in [2.24, 2.45) is 0 Å². The second-order valence-corrected chi connectivity index (χ2v) is 6.84. The molecule has 3 aromatic rings. The first kappa shape index (κ1) is 21.4. The van der Waals surface area contributed by atoms with Gasteiger partial charge in [-0.05, 0) is 41.8 Å². The number of carbonyl (C=O) groups is 1. The van der Waals surface area contributed by atoms with Gasteiger partial charge < -0.3 is 14.8 Å². The van der Waals surface area contributed by atoms with Crippen LogP contribution in [-0.2, 0) is 17.9 Å². The van der Waals surface area contributed by atoms with Crippen molar-refractivity contribution in [1.82, 2.24) is 20.1 Å². The number of amides is 1. The maximum absolute atomic E-state index is 12.2. The second kappa shape index (κ2) is 10.5. The van der Waals surface area contributed by atoms with E-state index < -0.39 is 0 Å². The standard InChI is InChI=1S/C22H23ClN4O3/c1-3-30-20-11-18(10-19(23)22(20)29-2)8-9-21(28)25-12-16-4-6-17(7-5-16)13-27-15-24-14-26-27/h4-11,14-15H,3,12-13H2,1-2H3,(H,25,28)/b9-8+. The number of halogens is 1. The van der Waals surface area contributed by atoms with E-state index in [1.807, 2.05) is 31.2 Å². The highest BCUT2D eigenvalue weighted by Crippen LogP contribution is 2.36. The van der Waals surface area contributed by atoms with Gasteiger partial charge in [-0.1, -0.05) is 35.9 Å². The molecule has 0 radical (unpaired) electrons. The minimum absolute atomic E-state index is 0.202. The molecule has 0 bridgehead atoms. The van der Waals surface area contributed by atoms with Gasteiger partial charge in [-0.25, -0.2) is 9.67 Å². The van der Waals surface area contributed by atoms with Crippen molar-refractivity contribution in [2.45, 2.75) is 20.0 Å². The van der Waals surface area contributed by atoms with Gasteiger partial charge >= 0.3 is 0 Å². The lowest BCUT2D eigenvalue weighted by molar-refractivity contribution is -0.116. The third kappa shape index (κ3) is 5.84. The molecule has 0 aliphatic carbocycles. The van der Waals surface area contributed by atoms with Crippen molar-refractivity contribution in [2.75, 3.05) is 13.7 Å². The van der Waals surface area contributed by atoms with Gasteiger partial charge in [0.25, 0.3) is 0 Å². The van der Waals surface area contributed by atoms with Gasteiger partial charge in [0.05, 0.1) is 25.3 Å². The summed E-state index contributed by atoms with van der Waals surface area (Å²) in [6.07, 6.45) is 6.33. The smallest absolute Gasteiger partial charge is 0.244 e. The zero-order valence-electron chi connectivity index (χ0n) is 16.8. The van der Waals surface area contributed by atoms with Gasteiger partial charge in [0, 0.05) is 12.6 Å². The van der Waals surface area contributed by atoms with Crippen LogP contribution in [0.1, 0.15) is 23.6 Å². The number of ether oxygens (including phenoxy) is 2. The van der Waals surface area contributed by atoms with Gasteiger partial charge in [-0.2, -0.15) is 5.10 Å². The van der Waals surface area contributed by atoms with Crippen LogP contribution in [0.3, 0.4) is 0 Å². The number of methoxy groups -OCH3 is 1. The molecular formula is C22H23ClN4O3. The Morgan fingerprint density at radius 3 is 2.67 bits per heavy atom. The van der Waals surface area contributed by atoms with Crippen LogP contribution in [0, 0.1) is 0 Å². The first-order chi connectivity index (χ1) is 14.6. The fraction of sp³-hybridized carbons (Fsp3) is 0.227. The van der Waals surface area contributed by atoms with Crippen molar-refractivity contribution in [3.8, 4) is 11.5 Å². The number of rotatable bonds is 9. The SMILES string of the molecule is CCOc1cc(/C=C/C(=O)NCc2ccc(Cn3cncn3)cc2)cc(Cl)c1OC. The molecule has 0 aliphatic heterocycles. The van der Waals surface area contributed by atoms with E-state index >= 15 is 0 Å². The summed E-state index contributed by atoms with van der Waals surface area (Å²) in [5.41, 5.74) is 2.86. The third-order valence-electron chi connectivity index (χ3n) is 4.26. The summed E-state index contributed by atoms with van der Waals surface area (Å²) < 4.78 is 12.6. The summed E-state index contributed by atoms with van der Waals surface area (Å²) in [6.45, 7) is 3.45. The molecule has 0 atom stereocenters. The number of nitrogens with one attached hydrogen (secondary N) is 1. The van der Waals surface area contributed by atoms with E-state index in [4.69, 9.17) is 21.1 Å². The second-order valence-electron chi connectivity index (χ2n) is 6.43. The molecule has 0 unspecified atom stereocenters. The van der Waals surface area contributed by atoms with Crippen LogP contribution >= 0.6 is 11.6 Å². The Hall–Kier alpha value is -3.32. The molecule has 0 aliphatic rings. The zero-order valence-corrected chi connectivity index (χ0v) is 17.6. The number of benzene rings is 2. The summed E-state index contributed by atoms with van der Waals surface area (Å²) in [4.78, 5) is 16.1. The van der Waals surface area contributed by atoms with Gasteiger partial charge in [0.2, 0.25) is 5.91 Å². The van der Waals surface area contributed by atoms with Crippen molar-refractivity contribution in [3.05, 3.63) is 76.8 Å². The van der Waals surface area contributed by atoms with Crippen LogP contribution in [0.25, 0.3) is 6.08 Å². The predicted molar refractivity (Wildman–Crippen MR) is 116 cm³/mol. The normalized spacial score (nSPS) is 10.9. The lowest BCUT2D eigenvalue weighted by Crippen LogP contribution is -2.20. The van der Waals surface area contributed by atoms with Crippen LogP contribution in [0.2, 0.25) is 5.02 Å². The largest absolute Gasteiger partial charge is 0.491 e. The Balaban J connectivity index is 1.56. The summed E-state index contributed by atoms with van der Waals surface area (Å²) in [6, 6.07) is 11.5. The summed E-state index contributed by atoms with van der Waals surface area (Å²) >= 11 is 6.24. The Bertz CT molecular complexity index is 1000. The van der Waals surface area contributed by atoms with Crippen LogP contribution in [-0.4, -0.2) is 34.4 Å². The van der Waals surface area contributed by atoms with Crippen molar-refractivity contribution in [1.29, 1.82) is 0 Å². The molecule has 0 saturated heterocycles. The molecule has 7 nitrogen and oxygen atoms in total. The third-order valence-corrected chi connectivity index (χ3v) is 4.54. The number of carbonyl (C=O) groups excluding carboxylic acids is 1. The zero-order chi connectivity index (χ0) is 21.3. The van der Waals surface area contributed by atoms with Crippen LogP contribution in [0.15, 0.2) is 55.1 Å². The summed E-state index contributed by atoms with van der Waals surface area (Å²) in [5.74, 6) is 0.817. The molecule has 1 amide bonds. The maximum Gasteiger partial charge on any atom is 0.244 e. The number of aromatic nitrogens is 3. The molecule has 0 saturated carbocycles. The first-order valence-electron chi connectivity index (χ1n) is 9.45. The minimum Gasteiger partial charge on any atom is -0.491 e. The molecule has 0 fully saturated rings. The topological polar surface area (TPSA) is 78.3 Å². The van der Waals surface area contributed by atoms with E-state index in [1.54, 1.807) is 29.2 Å². The van der Waals surface area contributed by atoms with E-state index in [9.17, 15) is 4.79 Å². The van der Waals surface area contributed by atoms with Gasteiger partial charge in [0.1, 0.15) is 12.7 Å². The predicted octanol–water partition coefficient (Wildman–Crippen LogP) is 3.72. The number of nitrogens with zero attached hydrogens (tertiary/aromatic N) is 3. The molecule has 0 spiro atoms. The van der Waals surface area contributed by atoms with E-state index in [2.05, 4.69) is 15.4 Å². The Kier molecular flexibility index (Phi) is 7.45. The highest BCUT2D eigenvalue weighted by atomic mass is 35.5.